The molecule has 0 aliphatic heterocycles. The third-order valence-corrected chi connectivity index (χ3v) is 2.86. The number of amides is 1. The summed E-state index contributed by atoms with van der Waals surface area (Å²) in [5, 5.41) is 12.7. The van der Waals surface area contributed by atoms with Crippen molar-refractivity contribution in [3.63, 3.8) is 0 Å². The summed E-state index contributed by atoms with van der Waals surface area (Å²) in [4.78, 5) is 15.6. The fourth-order valence-corrected chi connectivity index (χ4v) is 1.91. The quantitative estimate of drug-likeness (QED) is 0.704. The molecule has 0 saturated carbocycles. The number of aromatic nitrogens is 5. The van der Waals surface area contributed by atoms with Gasteiger partial charge in [-0.2, -0.15) is 10.1 Å². The van der Waals surface area contributed by atoms with Gasteiger partial charge in [0.25, 0.3) is 5.91 Å². The highest BCUT2D eigenvalue weighted by molar-refractivity contribution is 7.12. The molecule has 0 bridgehead atoms. The highest BCUT2D eigenvalue weighted by Crippen LogP contribution is 2.17. The molecule has 0 saturated heterocycles. The first-order chi connectivity index (χ1) is 8.33. The minimum absolute atomic E-state index is 0.267. The average molecular weight is 246 g/mol. The smallest absolute Gasteiger partial charge is 0.258 e. The van der Waals surface area contributed by atoms with E-state index < -0.39 is 0 Å². The third-order valence-electron chi connectivity index (χ3n) is 2.16. The number of aromatic amines is 1. The summed E-state index contributed by atoms with van der Waals surface area (Å²) in [5.74, 6) is 0.0446. The van der Waals surface area contributed by atoms with Crippen molar-refractivity contribution in [1.29, 1.82) is 0 Å². The lowest BCUT2D eigenvalue weighted by Gasteiger charge is -2.00. The molecule has 3 aromatic rings. The zero-order valence-electron chi connectivity index (χ0n) is 8.41. The van der Waals surface area contributed by atoms with Gasteiger partial charge in [-0.1, -0.05) is 4.49 Å². The third kappa shape index (κ3) is 1.85. The number of hydrogen-bond acceptors (Lipinski definition) is 6. The molecule has 0 aliphatic rings. The molecule has 3 rings (SSSR count). The Morgan fingerprint density at radius 1 is 1.41 bits per heavy atom. The van der Waals surface area contributed by atoms with E-state index in [0.29, 0.717) is 17.0 Å². The van der Waals surface area contributed by atoms with Crippen molar-refractivity contribution in [2.75, 3.05) is 5.32 Å². The van der Waals surface area contributed by atoms with Crippen LogP contribution in [-0.2, 0) is 0 Å². The minimum Gasteiger partial charge on any atom is -0.291 e. The second-order valence-corrected chi connectivity index (χ2v) is 4.03. The summed E-state index contributed by atoms with van der Waals surface area (Å²) in [6.45, 7) is 0. The first kappa shape index (κ1) is 9.85. The van der Waals surface area contributed by atoms with Crippen LogP contribution in [-0.4, -0.2) is 30.7 Å². The Kier molecular flexibility index (Phi) is 2.26. The van der Waals surface area contributed by atoms with E-state index in [1.54, 1.807) is 12.1 Å². The van der Waals surface area contributed by atoms with Gasteiger partial charge in [0, 0.05) is 5.56 Å². The zero-order chi connectivity index (χ0) is 11.7. The van der Waals surface area contributed by atoms with E-state index in [1.165, 1.54) is 17.9 Å². The largest absolute Gasteiger partial charge is 0.291 e. The lowest BCUT2D eigenvalue weighted by Crippen LogP contribution is -2.12. The number of nitrogens with zero attached hydrogens (tertiary/aromatic N) is 4. The van der Waals surface area contributed by atoms with E-state index in [0.717, 1.165) is 4.70 Å². The molecule has 1 amide bonds. The van der Waals surface area contributed by atoms with Crippen LogP contribution in [0.15, 0.2) is 24.5 Å². The molecular weight excluding hydrogens is 240 g/mol. The van der Waals surface area contributed by atoms with Crippen molar-refractivity contribution in [3.05, 3.63) is 30.1 Å². The van der Waals surface area contributed by atoms with Crippen LogP contribution < -0.4 is 5.32 Å². The summed E-state index contributed by atoms with van der Waals surface area (Å²) in [5.41, 5.74) is 1.21. The number of carbonyl (C=O) groups excluding carboxylic acids is 1. The zero-order valence-corrected chi connectivity index (χ0v) is 9.23. The molecule has 0 radical (unpaired) electrons. The number of nitrogens with one attached hydrogen (secondary N) is 2. The normalized spacial score (nSPS) is 10.6. The van der Waals surface area contributed by atoms with Gasteiger partial charge in [0.2, 0.25) is 5.95 Å². The van der Waals surface area contributed by atoms with E-state index in [1.807, 2.05) is 6.07 Å². The summed E-state index contributed by atoms with van der Waals surface area (Å²) in [7, 11) is 0. The number of hydrogen-bond donors (Lipinski definition) is 2. The molecule has 84 valence electrons. The van der Waals surface area contributed by atoms with Crippen LogP contribution in [0.4, 0.5) is 5.95 Å². The van der Waals surface area contributed by atoms with Gasteiger partial charge >= 0.3 is 0 Å². The SMILES string of the molecule is O=C(Nc1ncn[nH]1)c1ccc2snnc2c1. The maximum atomic E-state index is 11.8. The van der Waals surface area contributed by atoms with E-state index in [2.05, 4.69) is 30.1 Å². The highest BCUT2D eigenvalue weighted by atomic mass is 32.1. The van der Waals surface area contributed by atoms with E-state index >= 15 is 0 Å². The highest BCUT2D eigenvalue weighted by Gasteiger charge is 2.09. The Hall–Kier alpha value is -2.35. The Morgan fingerprint density at radius 2 is 2.35 bits per heavy atom. The van der Waals surface area contributed by atoms with Crippen molar-refractivity contribution in [1.82, 2.24) is 24.8 Å². The van der Waals surface area contributed by atoms with Crippen LogP contribution in [0, 0.1) is 0 Å². The lowest BCUT2D eigenvalue weighted by molar-refractivity contribution is 0.102. The predicted molar refractivity (Wildman–Crippen MR) is 61.8 cm³/mol. The Balaban J connectivity index is 1.90. The van der Waals surface area contributed by atoms with Gasteiger partial charge in [0.1, 0.15) is 11.8 Å². The fourth-order valence-electron chi connectivity index (χ4n) is 1.37. The maximum absolute atomic E-state index is 11.8. The number of fused-ring (bicyclic) bond motifs is 1. The standard InChI is InChI=1S/C9H6N6OS/c16-8(12-9-10-4-11-14-9)5-1-2-7-6(3-5)13-15-17-7/h1-4H,(H2,10,11,12,14,16). The van der Waals surface area contributed by atoms with Crippen molar-refractivity contribution < 1.29 is 4.79 Å². The Morgan fingerprint density at radius 3 is 3.18 bits per heavy atom. The summed E-state index contributed by atoms with van der Waals surface area (Å²) in [6, 6.07) is 5.22. The van der Waals surface area contributed by atoms with Crippen LogP contribution in [0.3, 0.4) is 0 Å². The average Bonchev–Trinajstić information content (AvgIpc) is 2.97. The van der Waals surface area contributed by atoms with Gasteiger partial charge in [-0.25, -0.2) is 5.10 Å². The number of rotatable bonds is 2. The lowest BCUT2D eigenvalue weighted by atomic mass is 10.2. The Bertz CT molecular complexity index is 661. The molecule has 2 N–H and O–H groups in total. The first-order valence-electron chi connectivity index (χ1n) is 4.72. The number of carbonyl (C=O) groups is 1. The second-order valence-electron chi connectivity index (χ2n) is 3.24. The van der Waals surface area contributed by atoms with E-state index in [4.69, 9.17) is 0 Å². The topological polar surface area (TPSA) is 96.5 Å². The van der Waals surface area contributed by atoms with Crippen LogP contribution in [0.1, 0.15) is 10.4 Å². The molecule has 0 atom stereocenters. The maximum Gasteiger partial charge on any atom is 0.258 e. The number of anilines is 1. The fraction of sp³-hybridized carbons (Fsp3) is 0. The van der Waals surface area contributed by atoms with E-state index in [-0.39, 0.29) is 5.91 Å². The molecule has 17 heavy (non-hydrogen) atoms. The van der Waals surface area contributed by atoms with Gasteiger partial charge in [-0.3, -0.25) is 10.1 Å². The predicted octanol–water partition coefficient (Wildman–Crippen LogP) is 1.06. The van der Waals surface area contributed by atoms with Crippen molar-refractivity contribution in [2.45, 2.75) is 0 Å². The molecule has 0 unspecified atom stereocenters. The van der Waals surface area contributed by atoms with Gasteiger partial charge in [-0.05, 0) is 29.7 Å². The molecule has 8 heteroatoms. The van der Waals surface area contributed by atoms with Crippen molar-refractivity contribution in [3.8, 4) is 0 Å². The van der Waals surface area contributed by atoms with Crippen LogP contribution in [0.25, 0.3) is 10.2 Å². The van der Waals surface area contributed by atoms with Gasteiger partial charge in [-0.15, -0.1) is 5.10 Å². The molecule has 7 nitrogen and oxygen atoms in total. The van der Waals surface area contributed by atoms with Gasteiger partial charge < -0.3 is 0 Å². The molecule has 2 heterocycles. The molecule has 0 spiro atoms. The first-order valence-corrected chi connectivity index (χ1v) is 5.49. The van der Waals surface area contributed by atoms with E-state index in [9.17, 15) is 4.79 Å². The summed E-state index contributed by atoms with van der Waals surface area (Å²) < 4.78 is 4.75. The second kappa shape index (κ2) is 3.91. The number of benzene rings is 1. The van der Waals surface area contributed by atoms with Crippen molar-refractivity contribution >= 4 is 33.6 Å². The van der Waals surface area contributed by atoms with Gasteiger partial charge in [0.15, 0.2) is 0 Å². The molecule has 1 aromatic carbocycles. The molecule has 0 fully saturated rings. The van der Waals surface area contributed by atoms with Crippen LogP contribution in [0.5, 0.6) is 0 Å². The monoisotopic (exact) mass is 246 g/mol. The molecule has 2 aromatic heterocycles. The van der Waals surface area contributed by atoms with Crippen molar-refractivity contribution in [2.24, 2.45) is 0 Å². The Labute approximate surface area is 99.1 Å². The minimum atomic E-state index is -0.267. The van der Waals surface area contributed by atoms with Crippen LogP contribution >= 0.6 is 11.5 Å². The van der Waals surface area contributed by atoms with Crippen LogP contribution in [0.2, 0.25) is 0 Å². The summed E-state index contributed by atoms with van der Waals surface area (Å²) in [6.07, 6.45) is 1.32. The summed E-state index contributed by atoms with van der Waals surface area (Å²) >= 11 is 1.29. The van der Waals surface area contributed by atoms with Gasteiger partial charge in [0.05, 0.1) is 4.70 Å². The molecular formula is C9H6N6OS. The number of H-pyrrole nitrogens is 1. The molecule has 0 aliphatic carbocycles.